The molecule has 1 aliphatic rings. The number of amides is 1. The second kappa shape index (κ2) is 9.47. The lowest BCUT2D eigenvalue weighted by atomic mass is 10.1. The predicted molar refractivity (Wildman–Crippen MR) is 118 cm³/mol. The quantitative estimate of drug-likeness (QED) is 0.503. The molecule has 0 spiro atoms. The van der Waals surface area contributed by atoms with Gasteiger partial charge in [-0.15, -0.1) is 0 Å². The molecule has 0 aromatic heterocycles. The molecule has 1 atom stereocenters. The van der Waals surface area contributed by atoms with E-state index in [-0.39, 0.29) is 17.5 Å². The fourth-order valence-electron chi connectivity index (χ4n) is 3.08. The summed E-state index contributed by atoms with van der Waals surface area (Å²) in [5, 5.41) is 0. The molecule has 0 saturated carbocycles. The topological polar surface area (TPSA) is 77.4 Å². The van der Waals surface area contributed by atoms with E-state index in [2.05, 4.69) is 4.99 Å². The molecule has 162 valence electrons. The number of hydrogen-bond donors (Lipinski definition) is 0. The lowest BCUT2D eigenvalue weighted by Crippen LogP contribution is -2.35. The fourth-order valence-corrected chi connectivity index (χ4v) is 3.08. The molecule has 7 nitrogen and oxygen atoms in total. The summed E-state index contributed by atoms with van der Waals surface area (Å²) in [4.78, 5) is 30.3. The number of benzene rings is 2. The third-order valence-electron chi connectivity index (χ3n) is 4.66. The van der Waals surface area contributed by atoms with E-state index in [9.17, 15) is 9.59 Å². The van der Waals surface area contributed by atoms with Crippen LogP contribution in [-0.2, 0) is 14.3 Å². The molecular formula is C24H26N2O5. The Balaban J connectivity index is 1.88. The van der Waals surface area contributed by atoms with Crippen molar-refractivity contribution < 1.29 is 23.8 Å². The molecule has 0 unspecified atom stereocenters. The number of ether oxygens (including phenoxy) is 3. The Kier molecular flexibility index (Phi) is 6.74. The number of esters is 1. The first-order valence-electron chi connectivity index (χ1n) is 10.0. The molecule has 2 aromatic rings. The maximum Gasteiger partial charge on any atom is 0.363 e. The van der Waals surface area contributed by atoms with E-state index in [0.29, 0.717) is 23.7 Å². The normalized spacial score (nSPS) is 15.3. The van der Waals surface area contributed by atoms with Crippen LogP contribution in [0.2, 0.25) is 0 Å². The average Bonchev–Trinajstić information content (AvgIpc) is 3.09. The van der Waals surface area contributed by atoms with Gasteiger partial charge in [0.05, 0.1) is 6.61 Å². The minimum Gasteiger partial charge on any atom is -0.490 e. The lowest BCUT2D eigenvalue weighted by molar-refractivity contribution is -0.135. The van der Waals surface area contributed by atoms with Gasteiger partial charge in [0.1, 0.15) is 0 Å². The Labute approximate surface area is 181 Å². The van der Waals surface area contributed by atoms with Crippen LogP contribution in [0.3, 0.4) is 0 Å². The SMILES string of the molecule is CCOc1cc(/C=C2\N=C(c3ccccc3C)OC2=O)ccc1O[C@@H](C)C(=O)N(C)C. The molecule has 7 heteroatoms. The van der Waals surface area contributed by atoms with E-state index < -0.39 is 12.1 Å². The van der Waals surface area contributed by atoms with Crippen LogP contribution in [0.5, 0.6) is 11.5 Å². The number of cyclic esters (lactones) is 1. The van der Waals surface area contributed by atoms with Crippen LogP contribution in [-0.4, -0.2) is 49.5 Å². The summed E-state index contributed by atoms with van der Waals surface area (Å²) in [6.07, 6.45) is 0.971. The summed E-state index contributed by atoms with van der Waals surface area (Å²) < 4.78 is 16.8. The molecule has 0 saturated heterocycles. The largest absolute Gasteiger partial charge is 0.490 e. The molecular weight excluding hydrogens is 396 g/mol. The summed E-state index contributed by atoms with van der Waals surface area (Å²) in [7, 11) is 3.35. The van der Waals surface area contributed by atoms with Gasteiger partial charge >= 0.3 is 5.97 Å². The summed E-state index contributed by atoms with van der Waals surface area (Å²) in [6.45, 7) is 5.90. The van der Waals surface area contributed by atoms with Crippen LogP contribution in [0, 0.1) is 6.92 Å². The minimum absolute atomic E-state index is 0.152. The number of aryl methyl sites for hydroxylation is 1. The number of likely N-dealkylation sites (N-methyl/N-ethyl adjacent to an activating group) is 1. The number of rotatable bonds is 7. The molecule has 0 N–H and O–H groups in total. The van der Waals surface area contributed by atoms with Crippen molar-refractivity contribution in [2.75, 3.05) is 20.7 Å². The predicted octanol–water partition coefficient (Wildman–Crippen LogP) is 3.59. The fraction of sp³-hybridized carbons (Fsp3) is 0.292. The van der Waals surface area contributed by atoms with Gasteiger partial charge in [0.15, 0.2) is 23.3 Å². The highest BCUT2D eigenvalue weighted by molar-refractivity contribution is 6.13. The summed E-state index contributed by atoms with van der Waals surface area (Å²) in [5.74, 6) is 0.548. The molecule has 0 aliphatic carbocycles. The van der Waals surface area contributed by atoms with E-state index >= 15 is 0 Å². The van der Waals surface area contributed by atoms with Crippen LogP contribution >= 0.6 is 0 Å². The first-order chi connectivity index (χ1) is 14.8. The smallest absolute Gasteiger partial charge is 0.363 e. The minimum atomic E-state index is -0.663. The van der Waals surface area contributed by atoms with E-state index in [1.165, 1.54) is 4.90 Å². The molecule has 0 fully saturated rings. The Morgan fingerprint density at radius 1 is 1.19 bits per heavy atom. The Morgan fingerprint density at radius 3 is 2.61 bits per heavy atom. The molecule has 0 radical (unpaired) electrons. The molecule has 1 heterocycles. The van der Waals surface area contributed by atoms with Crippen molar-refractivity contribution >= 4 is 23.9 Å². The van der Waals surface area contributed by atoms with Gasteiger partial charge in [-0.1, -0.05) is 24.3 Å². The molecule has 1 amide bonds. The van der Waals surface area contributed by atoms with E-state index in [0.717, 1.165) is 11.1 Å². The van der Waals surface area contributed by atoms with Gasteiger partial charge < -0.3 is 19.1 Å². The van der Waals surface area contributed by atoms with Crippen LogP contribution < -0.4 is 9.47 Å². The first-order valence-corrected chi connectivity index (χ1v) is 10.0. The van der Waals surface area contributed by atoms with E-state index in [1.807, 2.05) is 38.1 Å². The maximum absolute atomic E-state index is 12.3. The van der Waals surface area contributed by atoms with Gasteiger partial charge in [0.2, 0.25) is 5.90 Å². The molecule has 3 rings (SSSR count). The average molecular weight is 422 g/mol. The van der Waals surface area contributed by atoms with E-state index in [1.54, 1.807) is 45.3 Å². The van der Waals surface area contributed by atoms with Crippen LogP contribution in [0.1, 0.15) is 30.5 Å². The molecule has 1 aliphatic heterocycles. The van der Waals surface area contributed by atoms with Gasteiger partial charge in [-0.05, 0) is 56.2 Å². The monoisotopic (exact) mass is 422 g/mol. The Morgan fingerprint density at radius 2 is 1.94 bits per heavy atom. The summed E-state index contributed by atoms with van der Waals surface area (Å²) in [5.41, 5.74) is 2.64. The zero-order chi connectivity index (χ0) is 22.5. The van der Waals surface area contributed by atoms with Crippen molar-refractivity contribution in [2.24, 2.45) is 4.99 Å². The van der Waals surface area contributed by atoms with Gasteiger partial charge in [0, 0.05) is 19.7 Å². The van der Waals surface area contributed by atoms with Crippen LogP contribution in [0.25, 0.3) is 6.08 Å². The first kappa shape index (κ1) is 22.1. The Hall–Kier alpha value is -3.61. The second-order valence-corrected chi connectivity index (χ2v) is 7.28. The number of carbonyl (C=O) groups is 2. The zero-order valence-corrected chi connectivity index (χ0v) is 18.3. The summed E-state index contributed by atoms with van der Waals surface area (Å²) >= 11 is 0. The van der Waals surface area contributed by atoms with Gasteiger partial charge in [-0.25, -0.2) is 9.79 Å². The second-order valence-electron chi connectivity index (χ2n) is 7.28. The standard InChI is InChI=1S/C24H26N2O5/c1-6-29-21-14-17(11-12-20(21)30-16(3)23(27)26(4)5)13-19-24(28)31-22(25-19)18-10-8-7-9-15(18)2/h7-14,16H,6H2,1-5H3/b19-13-/t16-/m0/s1. The molecule has 2 aromatic carbocycles. The van der Waals surface area contributed by atoms with Gasteiger partial charge in [-0.2, -0.15) is 0 Å². The van der Waals surface area contributed by atoms with Crippen molar-refractivity contribution in [3.63, 3.8) is 0 Å². The van der Waals surface area contributed by atoms with Crippen LogP contribution in [0.15, 0.2) is 53.2 Å². The zero-order valence-electron chi connectivity index (χ0n) is 18.3. The highest BCUT2D eigenvalue weighted by Gasteiger charge is 2.25. The number of hydrogen-bond acceptors (Lipinski definition) is 6. The maximum atomic E-state index is 12.3. The number of carbonyl (C=O) groups excluding carboxylic acids is 2. The third-order valence-corrected chi connectivity index (χ3v) is 4.66. The van der Waals surface area contributed by atoms with Crippen molar-refractivity contribution in [2.45, 2.75) is 26.9 Å². The van der Waals surface area contributed by atoms with Crippen molar-refractivity contribution in [3.05, 3.63) is 64.9 Å². The number of aliphatic imine (C=N–C) groups is 1. The highest BCUT2D eigenvalue weighted by atomic mass is 16.6. The third kappa shape index (κ3) is 5.12. The number of nitrogens with zero attached hydrogens (tertiary/aromatic N) is 2. The lowest BCUT2D eigenvalue weighted by Gasteiger charge is -2.20. The van der Waals surface area contributed by atoms with Crippen LogP contribution in [0.4, 0.5) is 0 Å². The highest BCUT2D eigenvalue weighted by Crippen LogP contribution is 2.31. The molecule has 31 heavy (non-hydrogen) atoms. The van der Waals surface area contributed by atoms with E-state index in [4.69, 9.17) is 14.2 Å². The van der Waals surface area contributed by atoms with Gasteiger partial charge in [0.25, 0.3) is 5.91 Å². The van der Waals surface area contributed by atoms with Crippen molar-refractivity contribution in [1.29, 1.82) is 0 Å². The molecule has 0 bridgehead atoms. The van der Waals surface area contributed by atoms with Gasteiger partial charge in [-0.3, -0.25) is 4.79 Å². The Bertz CT molecular complexity index is 1060. The van der Waals surface area contributed by atoms with Crippen molar-refractivity contribution in [1.82, 2.24) is 4.90 Å². The van der Waals surface area contributed by atoms with Crippen molar-refractivity contribution in [3.8, 4) is 11.5 Å². The summed E-state index contributed by atoms with van der Waals surface area (Å²) in [6, 6.07) is 12.8.